The van der Waals surface area contributed by atoms with Crippen molar-refractivity contribution in [2.75, 3.05) is 34.9 Å². The summed E-state index contributed by atoms with van der Waals surface area (Å²) in [6, 6.07) is 10.9. The zero-order chi connectivity index (χ0) is 22.3. The fourth-order valence-corrected chi connectivity index (χ4v) is 3.21. The average molecular weight is 411 g/mol. The fourth-order valence-electron chi connectivity index (χ4n) is 3.21. The van der Waals surface area contributed by atoms with Gasteiger partial charge < -0.3 is 19.3 Å². The summed E-state index contributed by atoms with van der Waals surface area (Å²) in [6.07, 6.45) is 2.33. The lowest BCUT2D eigenvalue weighted by molar-refractivity contribution is 0.0751. The van der Waals surface area contributed by atoms with Crippen LogP contribution in [-0.2, 0) is 13.0 Å². The predicted molar refractivity (Wildman–Crippen MR) is 118 cm³/mol. The number of carbonyl (C=O) groups excluding carboxylic acids is 2. The van der Waals surface area contributed by atoms with Crippen molar-refractivity contribution in [3.05, 3.63) is 71.3 Å². The zero-order valence-corrected chi connectivity index (χ0v) is 18.4. The van der Waals surface area contributed by atoms with E-state index >= 15 is 0 Å². The van der Waals surface area contributed by atoms with Gasteiger partial charge in [0.25, 0.3) is 11.8 Å². The molecule has 0 N–H and O–H groups in total. The Balaban J connectivity index is 2.28. The van der Waals surface area contributed by atoms with Crippen LogP contribution in [-0.4, -0.2) is 56.5 Å². The van der Waals surface area contributed by atoms with Gasteiger partial charge in [0.05, 0.1) is 14.2 Å². The molecule has 2 aromatic rings. The van der Waals surface area contributed by atoms with Gasteiger partial charge >= 0.3 is 0 Å². The first-order valence-electron chi connectivity index (χ1n) is 9.81. The highest BCUT2D eigenvalue weighted by atomic mass is 16.5. The summed E-state index contributed by atoms with van der Waals surface area (Å²) >= 11 is 0. The van der Waals surface area contributed by atoms with Gasteiger partial charge in [-0.25, -0.2) is 0 Å². The molecule has 0 unspecified atom stereocenters. The van der Waals surface area contributed by atoms with Crippen molar-refractivity contribution in [2.45, 2.75) is 19.9 Å². The number of methoxy groups -OCH3 is 2. The molecule has 160 valence electrons. The Morgan fingerprint density at radius 3 is 2.17 bits per heavy atom. The van der Waals surface area contributed by atoms with Crippen molar-refractivity contribution in [3.63, 3.8) is 0 Å². The first-order chi connectivity index (χ1) is 14.4. The summed E-state index contributed by atoms with van der Waals surface area (Å²) < 4.78 is 10.9. The van der Waals surface area contributed by atoms with Crippen molar-refractivity contribution in [1.29, 1.82) is 0 Å². The van der Waals surface area contributed by atoms with E-state index in [0.29, 0.717) is 42.1 Å². The molecule has 0 heterocycles. The summed E-state index contributed by atoms with van der Waals surface area (Å²) in [5, 5.41) is 0. The number of ether oxygens (including phenoxy) is 2. The SMILES string of the molecule is C=CCc1cc(C(=O)N(CC)Cc2ccc(C(=O)N(C)C)cc2)cc(OC)c1OC. The minimum absolute atomic E-state index is 0.0509. The van der Waals surface area contributed by atoms with E-state index in [9.17, 15) is 9.59 Å². The van der Waals surface area contributed by atoms with Crippen LogP contribution in [0.3, 0.4) is 0 Å². The Morgan fingerprint density at radius 2 is 1.67 bits per heavy atom. The molecule has 0 spiro atoms. The maximum atomic E-state index is 13.2. The average Bonchev–Trinajstić information content (AvgIpc) is 2.76. The van der Waals surface area contributed by atoms with Gasteiger partial charge in [-0.05, 0) is 43.2 Å². The molecule has 0 bridgehead atoms. The number of rotatable bonds is 9. The van der Waals surface area contributed by atoms with Crippen LogP contribution in [0.5, 0.6) is 11.5 Å². The van der Waals surface area contributed by atoms with Crippen LogP contribution in [0.2, 0.25) is 0 Å². The van der Waals surface area contributed by atoms with Crippen LogP contribution in [0.15, 0.2) is 49.1 Å². The van der Waals surface area contributed by atoms with Gasteiger partial charge in [-0.1, -0.05) is 18.2 Å². The van der Waals surface area contributed by atoms with Gasteiger partial charge in [0.15, 0.2) is 11.5 Å². The molecule has 0 aliphatic carbocycles. The Labute approximate surface area is 178 Å². The van der Waals surface area contributed by atoms with Crippen LogP contribution in [0.4, 0.5) is 0 Å². The van der Waals surface area contributed by atoms with Crippen molar-refractivity contribution < 1.29 is 19.1 Å². The molecule has 0 radical (unpaired) electrons. The lowest BCUT2D eigenvalue weighted by atomic mass is 10.0. The van der Waals surface area contributed by atoms with Gasteiger partial charge in [0, 0.05) is 43.9 Å². The minimum Gasteiger partial charge on any atom is -0.493 e. The van der Waals surface area contributed by atoms with Gasteiger partial charge in [-0.15, -0.1) is 6.58 Å². The van der Waals surface area contributed by atoms with E-state index in [1.165, 1.54) is 4.90 Å². The van der Waals surface area contributed by atoms with Crippen LogP contribution in [0.25, 0.3) is 0 Å². The lowest BCUT2D eigenvalue weighted by Gasteiger charge is -2.23. The van der Waals surface area contributed by atoms with Crippen molar-refractivity contribution in [2.24, 2.45) is 0 Å². The molecule has 6 heteroatoms. The monoisotopic (exact) mass is 410 g/mol. The van der Waals surface area contributed by atoms with E-state index in [1.54, 1.807) is 57.5 Å². The molecule has 0 aliphatic heterocycles. The van der Waals surface area contributed by atoms with Gasteiger partial charge in [-0.3, -0.25) is 9.59 Å². The Morgan fingerprint density at radius 1 is 1.00 bits per heavy atom. The summed E-state index contributed by atoms with van der Waals surface area (Å²) in [5.41, 5.74) is 2.95. The third-order valence-corrected chi connectivity index (χ3v) is 4.82. The van der Waals surface area contributed by atoms with E-state index in [4.69, 9.17) is 9.47 Å². The highest BCUT2D eigenvalue weighted by Crippen LogP contribution is 2.33. The normalized spacial score (nSPS) is 10.3. The molecule has 6 nitrogen and oxygen atoms in total. The predicted octanol–water partition coefficient (Wildman–Crippen LogP) is 3.80. The number of allylic oxidation sites excluding steroid dienone is 1. The smallest absolute Gasteiger partial charge is 0.254 e. The quantitative estimate of drug-likeness (QED) is 0.590. The van der Waals surface area contributed by atoms with Crippen LogP contribution < -0.4 is 9.47 Å². The summed E-state index contributed by atoms with van der Waals surface area (Å²) in [5.74, 6) is 0.975. The van der Waals surface area contributed by atoms with Crippen LogP contribution in [0, 0.1) is 0 Å². The molecule has 30 heavy (non-hydrogen) atoms. The van der Waals surface area contributed by atoms with Crippen molar-refractivity contribution >= 4 is 11.8 Å². The number of hydrogen-bond donors (Lipinski definition) is 0. The molecule has 0 saturated heterocycles. The molecular weight excluding hydrogens is 380 g/mol. The second-order valence-corrected chi connectivity index (χ2v) is 7.08. The Hall–Kier alpha value is -3.28. The molecule has 2 amide bonds. The van der Waals surface area contributed by atoms with Crippen LogP contribution in [0.1, 0.15) is 38.8 Å². The summed E-state index contributed by atoms with van der Waals surface area (Å²) in [6.45, 7) is 6.70. The second kappa shape index (κ2) is 10.5. The number of benzene rings is 2. The first kappa shape index (κ1) is 23.0. The van der Waals surface area contributed by atoms with Crippen LogP contribution >= 0.6 is 0 Å². The van der Waals surface area contributed by atoms with Gasteiger partial charge in [0.1, 0.15) is 0 Å². The first-order valence-corrected chi connectivity index (χ1v) is 9.81. The van der Waals surface area contributed by atoms with E-state index < -0.39 is 0 Å². The molecule has 0 saturated carbocycles. The number of hydrogen-bond acceptors (Lipinski definition) is 4. The minimum atomic E-state index is -0.0998. The number of carbonyl (C=O) groups is 2. The maximum absolute atomic E-state index is 13.2. The molecule has 2 rings (SSSR count). The highest BCUT2D eigenvalue weighted by Gasteiger charge is 2.20. The lowest BCUT2D eigenvalue weighted by Crippen LogP contribution is -2.30. The largest absolute Gasteiger partial charge is 0.493 e. The summed E-state index contributed by atoms with van der Waals surface area (Å²) in [4.78, 5) is 28.6. The van der Waals surface area contributed by atoms with E-state index in [-0.39, 0.29) is 11.8 Å². The fraction of sp³-hybridized carbons (Fsp3) is 0.333. The molecule has 0 atom stereocenters. The van der Waals surface area contributed by atoms with Gasteiger partial charge in [-0.2, -0.15) is 0 Å². The van der Waals surface area contributed by atoms with E-state index in [1.807, 2.05) is 25.1 Å². The zero-order valence-electron chi connectivity index (χ0n) is 18.4. The van der Waals surface area contributed by atoms with E-state index in [0.717, 1.165) is 11.1 Å². The molecule has 2 aromatic carbocycles. The Kier molecular flexibility index (Phi) is 8.04. The van der Waals surface area contributed by atoms with Crippen molar-refractivity contribution in [3.8, 4) is 11.5 Å². The standard InChI is InChI=1S/C24H30N2O4/c1-7-9-19-14-20(15-21(29-5)22(19)30-6)24(28)26(8-2)16-17-10-12-18(13-11-17)23(27)25(3)4/h7,10-15H,1,8-9,16H2,2-6H3. The molecule has 0 aliphatic rings. The van der Waals surface area contributed by atoms with Gasteiger partial charge in [0.2, 0.25) is 0 Å². The van der Waals surface area contributed by atoms with E-state index in [2.05, 4.69) is 6.58 Å². The topological polar surface area (TPSA) is 59.1 Å². The third-order valence-electron chi connectivity index (χ3n) is 4.82. The highest BCUT2D eigenvalue weighted by molar-refractivity contribution is 5.95. The molecular formula is C24H30N2O4. The number of amides is 2. The maximum Gasteiger partial charge on any atom is 0.254 e. The molecule has 0 fully saturated rings. The molecule has 0 aromatic heterocycles. The second-order valence-electron chi connectivity index (χ2n) is 7.08. The summed E-state index contributed by atoms with van der Waals surface area (Å²) in [7, 11) is 6.57. The van der Waals surface area contributed by atoms with Crippen molar-refractivity contribution in [1.82, 2.24) is 9.80 Å². The number of nitrogens with zero attached hydrogens (tertiary/aromatic N) is 2. The Bertz CT molecular complexity index is 904. The third kappa shape index (κ3) is 5.20.